The zero-order valence-electron chi connectivity index (χ0n) is 18.6. The predicted octanol–water partition coefficient (Wildman–Crippen LogP) is 6.03. The van der Waals surface area contributed by atoms with Crippen molar-refractivity contribution in [1.29, 1.82) is 0 Å². The first-order chi connectivity index (χ1) is 15.5. The van der Waals surface area contributed by atoms with Crippen molar-refractivity contribution < 1.29 is 9.53 Å². The molecule has 1 aliphatic heterocycles. The zero-order chi connectivity index (χ0) is 22.7. The van der Waals surface area contributed by atoms with Gasteiger partial charge in [0.25, 0.3) is 5.91 Å². The molecule has 7 heteroatoms. The van der Waals surface area contributed by atoms with Crippen LogP contribution in [0.4, 0.5) is 5.69 Å². The van der Waals surface area contributed by atoms with Gasteiger partial charge in [-0.05, 0) is 67.8 Å². The number of β-lactam (4-membered cyclic amide) rings is 1. The van der Waals surface area contributed by atoms with Crippen molar-refractivity contribution in [2.45, 2.75) is 32.4 Å². The van der Waals surface area contributed by atoms with Crippen LogP contribution in [0.5, 0.6) is 5.75 Å². The molecule has 174 valence electrons. The lowest BCUT2D eigenvalue weighted by molar-refractivity contribution is -0.134. The number of ether oxygens (including phenoxy) is 1. The third-order valence-corrected chi connectivity index (χ3v) is 6.46. The molecular formula is C26H27Cl3N2O2. The van der Waals surface area contributed by atoms with Gasteiger partial charge in [0.1, 0.15) is 5.75 Å². The van der Waals surface area contributed by atoms with Crippen molar-refractivity contribution in [3.8, 4) is 5.75 Å². The standard InChI is InChI=1S/C26H26Cl2N2O2.ClH/c1-17-7-6-10-22(18(17)2)30-23(16-29-14-13-19-8-4-3-5-9-19)25(26(30)31)32-24-12-11-20(27)15-21(24)28;/h3-12,15,23,25,29H,13-14,16H2,1-2H3;1H. The number of nitrogens with zero attached hydrogens (tertiary/aromatic N) is 1. The number of benzene rings is 3. The van der Waals surface area contributed by atoms with Crippen molar-refractivity contribution in [3.63, 3.8) is 0 Å². The SMILES string of the molecule is Cc1cccc(N2C(=O)C(Oc3ccc(Cl)cc3Cl)C2CNCCc2ccccc2)c1C.Cl. The fourth-order valence-corrected chi connectivity index (χ4v) is 4.43. The van der Waals surface area contributed by atoms with Gasteiger partial charge in [0.05, 0.1) is 11.1 Å². The van der Waals surface area contributed by atoms with E-state index < -0.39 is 6.10 Å². The van der Waals surface area contributed by atoms with E-state index in [-0.39, 0.29) is 24.4 Å². The van der Waals surface area contributed by atoms with E-state index in [1.807, 2.05) is 42.2 Å². The average Bonchev–Trinajstić information content (AvgIpc) is 2.78. The molecule has 3 aromatic carbocycles. The highest BCUT2D eigenvalue weighted by Crippen LogP contribution is 2.36. The number of carbonyl (C=O) groups excluding carboxylic acids is 1. The first kappa shape index (κ1) is 25.4. The van der Waals surface area contributed by atoms with Crippen LogP contribution in [-0.2, 0) is 11.2 Å². The van der Waals surface area contributed by atoms with Crippen LogP contribution in [0.25, 0.3) is 0 Å². The molecule has 0 bridgehead atoms. The van der Waals surface area contributed by atoms with Gasteiger partial charge in [0, 0.05) is 17.3 Å². The molecule has 1 heterocycles. The Morgan fingerprint density at radius 3 is 2.48 bits per heavy atom. The lowest BCUT2D eigenvalue weighted by Gasteiger charge is -2.47. The number of halogens is 3. The van der Waals surface area contributed by atoms with Gasteiger partial charge in [-0.1, -0.05) is 65.7 Å². The van der Waals surface area contributed by atoms with Crippen LogP contribution in [0.15, 0.2) is 66.7 Å². The summed E-state index contributed by atoms with van der Waals surface area (Å²) in [5.41, 5.74) is 4.44. The molecule has 0 radical (unpaired) electrons. The number of aryl methyl sites for hydroxylation is 1. The quantitative estimate of drug-likeness (QED) is 0.300. The van der Waals surface area contributed by atoms with Crippen molar-refractivity contribution in [1.82, 2.24) is 5.32 Å². The Kier molecular flexibility index (Phi) is 8.66. The molecular weight excluding hydrogens is 479 g/mol. The highest BCUT2D eigenvalue weighted by Gasteiger charge is 2.50. The molecule has 2 unspecified atom stereocenters. The fraction of sp³-hybridized carbons (Fsp3) is 0.269. The van der Waals surface area contributed by atoms with Crippen LogP contribution in [-0.4, -0.2) is 31.1 Å². The summed E-state index contributed by atoms with van der Waals surface area (Å²) in [6.07, 6.45) is 0.303. The van der Waals surface area contributed by atoms with Crippen molar-refractivity contribution in [3.05, 3.63) is 93.5 Å². The molecule has 4 rings (SSSR count). The van der Waals surface area contributed by atoms with Crippen molar-refractivity contribution in [2.75, 3.05) is 18.0 Å². The summed E-state index contributed by atoms with van der Waals surface area (Å²) in [7, 11) is 0. The number of carbonyl (C=O) groups is 1. The Bertz CT molecular complexity index is 1110. The van der Waals surface area contributed by atoms with Crippen molar-refractivity contribution in [2.24, 2.45) is 0 Å². The summed E-state index contributed by atoms with van der Waals surface area (Å²) in [5, 5.41) is 4.42. The smallest absolute Gasteiger partial charge is 0.270 e. The minimum absolute atomic E-state index is 0. The normalized spacial score (nSPS) is 17.3. The van der Waals surface area contributed by atoms with Gasteiger partial charge in [0.2, 0.25) is 0 Å². The van der Waals surface area contributed by atoms with Gasteiger partial charge in [0.15, 0.2) is 6.10 Å². The molecule has 2 atom stereocenters. The number of anilines is 1. The van der Waals surface area contributed by atoms with E-state index in [2.05, 4.69) is 30.4 Å². The minimum Gasteiger partial charge on any atom is -0.477 e. The first-order valence-electron chi connectivity index (χ1n) is 10.7. The number of hydrogen-bond acceptors (Lipinski definition) is 3. The topological polar surface area (TPSA) is 41.6 Å². The maximum absolute atomic E-state index is 13.2. The van der Waals surface area contributed by atoms with Crippen LogP contribution < -0.4 is 15.0 Å². The zero-order valence-corrected chi connectivity index (χ0v) is 20.9. The van der Waals surface area contributed by atoms with Gasteiger partial charge in [-0.15, -0.1) is 12.4 Å². The molecule has 3 aromatic rings. The van der Waals surface area contributed by atoms with E-state index in [4.69, 9.17) is 27.9 Å². The van der Waals surface area contributed by atoms with Gasteiger partial charge in [-0.25, -0.2) is 0 Å². The predicted molar refractivity (Wildman–Crippen MR) is 138 cm³/mol. The Hall–Kier alpha value is -2.24. The third-order valence-electron chi connectivity index (χ3n) is 5.93. The number of hydrogen-bond donors (Lipinski definition) is 1. The van der Waals surface area contributed by atoms with Crippen LogP contribution in [0.1, 0.15) is 16.7 Å². The average molecular weight is 506 g/mol. The molecule has 0 aromatic heterocycles. The molecule has 0 saturated carbocycles. The van der Waals surface area contributed by atoms with E-state index >= 15 is 0 Å². The largest absolute Gasteiger partial charge is 0.477 e. The summed E-state index contributed by atoms with van der Waals surface area (Å²) >= 11 is 12.3. The summed E-state index contributed by atoms with van der Waals surface area (Å²) in [5.74, 6) is 0.392. The molecule has 1 fully saturated rings. The molecule has 0 spiro atoms. The van der Waals surface area contributed by atoms with Gasteiger partial charge in [-0.2, -0.15) is 0 Å². The van der Waals surface area contributed by atoms with Gasteiger partial charge >= 0.3 is 0 Å². The summed E-state index contributed by atoms with van der Waals surface area (Å²) < 4.78 is 6.08. The Morgan fingerprint density at radius 2 is 1.76 bits per heavy atom. The van der Waals surface area contributed by atoms with Crippen LogP contribution >= 0.6 is 35.6 Å². The molecule has 1 aliphatic rings. The van der Waals surface area contributed by atoms with E-state index in [0.29, 0.717) is 22.3 Å². The van der Waals surface area contributed by atoms with Gasteiger partial charge in [-0.3, -0.25) is 4.79 Å². The van der Waals surface area contributed by atoms with E-state index in [1.165, 1.54) is 5.56 Å². The molecule has 1 N–H and O–H groups in total. The van der Waals surface area contributed by atoms with Crippen LogP contribution in [0.3, 0.4) is 0 Å². The third kappa shape index (κ3) is 5.64. The maximum atomic E-state index is 13.2. The lowest BCUT2D eigenvalue weighted by atomic mass is 9.94. The second-order valence-electron chi connectivity index (χ2n) is 8.05. The summed E-state index contributed by atoms with van der Waals surface area (Å²) in [4.78, 5) is 15.0. The monoisotopic (exact) mass is 504 g/mol. The Morgan fingerprint density at radius 1 is 1.00 bits per heavy atom. The highest BCUT2D eigenvalue weighted by molar-refractivity contribution is 6.35. The molecule has 4 nitrogen and oxygen atoms in total. The highest BCUT2D eigenvalue weighted by atomic mass is 35.5. The minimum atomic E-state index is -0.613. The van der Waals surface area contributed by atoms with Crippen LogP contribution in [0, 0.1) is 13.8 Å². The van der Waals surface area contributed by atoms with E-state index in [1.54, 1.807) is 18.2 Å². The number of rotatable bonds is 8. The number of amides is 1. The first-order valence-corrected chi connectivity index (χ1v) is 11.5. The van der Waals surface area contributed by atoms with Crippen LogP contribution in [0.2, 0.25) is 10.0 Å². The Labute approximate surface area is 211 Å². The molecule has 0 aliphatic carbocycles. The molecule has 1 amide bonds. The molecule has 1 saturated heterocycles. The van der Waals surface area contributed by atoms with E-state index in [9.17, 15) is 4.79 Å². The van der Waals surface area contributed by atoms with Crippen molar-refractivity contribution >= 4 is 47.2 Å². The van der Waals surface area contributed by atoms with Gasteiger partial charge < -0.3 is 15.0 Å². The lowest BCUT2D eigenvalue weighted by Crippen LogP contribution is -2.70. The second-order valence-corrected chi connectivity index (χ2v) is 8.89. The number of nitrogens with one attached hydrogen (secondary N) is 1. The summed E-state index contributed by atoms with van der Waals surface area (Å²) in [6, 6.07) is 21.3. The summed E-state index contributed by atoms with van der Waals surface area (Å²) in [6.45, 7) is 5.52. The maximum Gasteiger partial charge on any atom is 0.270 e. The Balaban J connectivity index is 0.00000306. The van der Waals surface area contributed by atoms with E-state index in [0.717, 1.165) is 29.8 Å². The second kappa shape index (κ2) is 11.3. The molecule has 33 heavy (non-hydrogen) atoms. The fourth-order valence-electron chi connectivity index (χ4n) is 3.97.